The summed E-state index contributed by atoms with van der Waals surface area (Å²) in [6.45, 7) is 1.47. The van der Waals surface area contributed by atoms with Gasteiger partial charge in [-0.2, -0.15) is 5.10 Å². The van der Waals surface area contributed by atoms with E-state index in [-0.39, 0.29) is 17.5 Å². The van der Waals surface area contributed by atoms with Gasteiger partial charge in [0.25, 0.3) is 5.56 Å². The number of carbonyl (C=O) groups is 2. The van der Waals surface area contributed by atoms with Gasteiger partial charge < -0.3 is 5.11 Å². The third-order valence-corrected chi connectivity index (χ3v) is 4.37. The number of hydrogen-bond donors (Lipinski definition) is 2. The molecule has 0 aliphatic heterocycles. The third-order valence-electron chi connectivity index (χ3n) is 4.12. The molecule has 2 N–H and O–H groups in total. The molecule has 1 aromatic heterocycles. The van der Waals surface area contributed by atoms with Crippen molar-refractivity contribution in [3.05, 3.63) is 75.2 Å². The molecule has 0 aliphatic carbocycles. The van der Waals surface area contributed by atoms with Crippen LogP contribution in [0, 0.1) is 0 Å². The van der Waals surface area contributed by atoms with E-state index in [1.54, 1.807) is 48.5 Å². The van der Waals surface area contributed by atoms with E-state index in [1.807, 2.05) is 0 Å². The summed E-state index contributed by atoms with van der Waals surface area (Å²) in [5.74, 6) is -2.49. The molecule has 3 rings (SSSR count). The van der Waals surface area contributed by atoms with Crippen molar-refractivity contribution in [2.75, 3.05) is 5.43 Å². The van der Waals surface area contributed by atoms with Crippen LogP contribution in [-0.4, -0.2) is 26.9 Å². The van der Waals surface area contributed by atoms with Crippen molar-refractivity contribution in [1.82, 2.24) is 9.89 Å². The zero-order valence-electron chi connectivity index (χ0n) is 14.3. The number of rotatable bonds is 5. The summed E-state index contributed by atoms with van der Waals surface area (Å²) in [6, 6.07) is 13.3. The number of halogens is 1. The molecule has 2 aromatic carbocycles. The molecule has 8 heteroatoms. The van der Waals surface area contributed by atoms with E-state index in [1.165, 1.54) is 6.92 Å². The molecular weight excluding hydrogens is 370 g/mol. The van der Waals surface area contributed by atoms with Crippen LogP contribution in [0.25, 0.3) is 10.8 Å². The second-order valence-electron chi connectivity index (χ2n) is 6.05. The molecule has 0 saturated carbocycles. The first kappa shape index (κ1) is 18.6. The zero-order chi connectivity index (χ0) is 19.6. The second kappa shape index (κ2) is 7.59. The number of fused-ring (bicyclic) bond motifs is 1. The van der Waals surface area contributed by atoms with Crippen LogP contribution in [0.1, 0.15) is 24.1 Å². The molecule has 0 aliphatic rings. The van der Waals surface area contributed by atoms with Crippen LogP contribution in [0.3, 0.4) is 0 Å². The second-order valence-corrected chi connectivity index (χ2v) is 6.48. The lowest BCUT2D eigenvalue weighted by Gasteiger charge is -2.14. The summed E-state index contributed by atoms with van der Waals surface area (Å²) in [4.78, 5) is 37.1. The predicted octanol–water partition coefficient (Wildman–Crippen LogP) is 2.55. The number of benzene rings is 2. The summed E-state index contributed by atoms with van der Waals surface area (Å²) in [6.07, 6.45) is 0.0158. The summed E-state index contributed by atoms with van der Waals surface area (Å²) >= 11 is 5.82. The Morgan fingerprint density at radius 2 is 1.78 bits per heavy atom. The lowest BCUT2D eigenvalue weighted by atomic mass is 10.0. The Bertz CT molecular complexity index is 1080. The standard InChI is InChI=1S/C19H16ClN3O4/c1-11(19(26)27)17-14-4-2-3-5-15(14)18(25)23(22-17)21-16(24)10-12-6-8-13(20)9-7-12/h2-9,11H,10H2,1H3,(H,21,24)(H,26,27). The minimum Gasteiger partial charge on any atom is -0.481 e. The van der Waals surface area contributed by atoms with Gasteiger partial charge in [0.15, 0.2) is 0 Å². The summed E-state index contributed by atoms with van der Waals surface area (Å²) < 4.78 is 0. The highest BCUT2D eigenvalue weighted by Crippen LogP contribution is 2.21. The van der Waals surface area contributed by atoms with Gasteiger partial charge in [-0.25, -0.2) is 5.43 Å². The first-order valence-electron chi connectivity index (χ1n) is 8.16. The van der Waals surface area contributed by atoms with Gasteiger partial charge >= 0.3 is 5.97 Å². The molecule has 3 aromatic rings. The van der Waals surface area contributed by atoms with Crippen LogP contribution in [0.15, 0.2) is 53.3 Å². The Balaban J connectivity index is 1.97. The van der Waals surface area contributed by atoms with Crippen molar-refractivity contribution in [3.63, 3.8) is 0 Å². The van der Waals surface area contributed by atoms with Gasteiger partial charge in [-0.05, 0) is 30.7 Å². The monoisotopic (exact) mass is 385 g/mol. The number of carboxylic acid groups (broad SMARTS) is 1. The van der Waals surface area contributed by atoms with Crippen molar-refractivity contribution < 1.29 is 14.7 Å². The molecule has 1 atom stereocenters. The van der Waals surface area contributed by atoms with Crippen molar-refractivity contribution in [2.45, 2.75) is 19.3 Å². The largest absolute Gasteiger partial charge is 0.481 e. The molecular formula is C19H16ClN3O4. The molecule has 0 radical (unpaired) electrons. The van der Waals surface area contributed by atoms with E-state index < -0.39 is 23.4 Å². The fraction of sp³-hybridized carbons (Fsp3) is 0.158. The fourth-order valence-electron chi connectivity index (χ4n) is 2.67. The normalized spacial score (nSPS) is 11.9. The Kier molecular flexibility index (Phi) is 5.23. The van der Waals surface area contributed by atoms with Crippen LogP contribution in [-0.2, 0) is 16.0 Å². The lowest BCUT2D eigenvalue weighted by molar-refractivity contribution is -0.138. The molecule has 1 amide bonds. The van der Waals surface area contributed by atoms with Gasteiger partial charge in [0, 0.05) is 10.4 Å². The molecule has 0 bridgehead atoms. The van der Waals surface area contributed by atoms with Crippen molar-refractivity contribution >= 4 is 34.2 Å². The lowest BCUT2D eigenvalue weighted by Crippen LogP contribution is -2.37. The van der Waals surface area contributed by atoms with Crippen LogP contribution < -0.4 is 11.0 Å². The van der Waals surface area contributed by atoms with Crippen molar-refractivity contribution in [1.29, 1.82) is 0 Å². The van der Waals surface area contributed by atoms with E-state index in [4.69, 9.17) is 11.6 Å². The van der Waals surface area contributed by atoms with Gasteiger partial charge in [-0.1, -0.05) is 41.9 Å². The maximum atomic E-state index is 12.6. The Labute approximate surface area is 159 Å². The molecule has 1 unspecified atom stereocenters. The number of carbonyl (C=O) groups excluding carboxylic acids is 1. The number of nitrogens with one attached hydrogen (secondary N) is 1. The van der Waals surface area contributed by atoms with E-state index in [2.05, 4.69) is 10.5 Å². The Morgan fingerprint density at radius 3 is 2.41 bits per heavy atom. The van der Waals surface area contributed by atoms with Crippen LogP contribution >= 0.6 is 11.6 Å². The van der Waals surface area contributed by atoms with Crippen LogP contribution in [0.2, 0.25) is 5.02 Å². The SMILES string of the molecule is CC(C(=O)O)c1nn(NC(=O)Cc2ccc(Cl)cc2)c(=O)c2ccccc12. The third kappa shape index (κ3) is 3.98. The molecule has 27 heavy (non-hydrogen) atoms. The number of amides is 1. The maximum absolute atomic E-state index is 12.6. The van der Waals surface area contributed by atoms with E-state index >= 15 is 0 Å². The van der Waals surface area contributed by atoms with Crippen molar-refractivity contribution in [2.24, 2.45) is 0 Å². The number of aromatic nitrogens is 2. The highest BCUT2D eigenvalue weighted by atomic mass is 35.5. The summed E-state index contributed by atoms with van der Waals surface area (Å²) in [5.41, 5.74) is 2.81. The highest BCUT2D eigenvalue weighted by Gasteiger charge is 2.21. The predicted molar refractivity (Wildman–Crippen MR) is 102 cm³/mol. The van der Waals surface area contributed by atoms with E-state index in [0.29, 0.717) is 16.0 Å². The Hall–Kier alpha value is -3.19. The average molecular weight is 386 g/mol. The first-order chi connectivity index (χ1) is 12.9. The van der Waals surface area contributed by atoms with Gasteiger partial charge in [0.1, 0.15) is 0 Å². The zero-order valence-corrected chi connectivity index (χ0v) is 15.1. The van der Waals surface area contributed by atoms with Crippen LogP contribution in [0.5, 0.6) is 0 Å². The van der Waals surface area contributed by atoms with Gasteiger partial charge in [0.05, 0.1) is 23.4 Å². The smallest absolute Gasteiger partial charge is 0.312 e. The molecule has 0 saturated heterocycles. The maximum Gasteiger partial charge on any atom is 0.312 e. The number of aliphatic carboxylic acids is 1. The minimum atomic E-state index is -1.08. The molecule has 138 valence electrons. The van der Waals surface area contributed by atoms with E-state index in [9.17, 15) is 19.5 Å². The summed E-state index contributed by atoms with van der Waals surface area (Å²) in [5, 5.41) is 14.7. The number of hydrogen-bond acceptors (Lipinski definition) is 4. The first-order valence-corrected chi connectivity index (χ1v) is 8.53. The van der Waals surface area contributed by atoms with Gasteiger partial charge in [0.2, 0.25) is 5.91 Å². The fourth-order valence-corrected chi connectivity index (χ4v) is 2.80. The van der Waals surface area contributed by atoms with Gasteiger partial charge in [-0.15, -0.1) is 4.79 Å². The quantitative estimate of drug-likeness (QED) is 0.702. The van der Waals surface area contributed by atoms with Gasteiger partial charge in [-0.3, -0.25) is 14.4 Å². The molecule has 7 nitrogen and oxygen atoms in total. The molecule has 0 fully saturated rings. The average Bonchev–Trinajstić information content (AvgIpc) is 2.65. The Morgan fingerprint density at radius 1 is 1.15 bits per heavy atom. The van der Waals surface area contributed by atoms with Crippen LogP contribution in [0.4, 0.5) is 0 Å². The highest BCUT2D eigenvalue weighted by molar-refractivity contribution is 6.30. The molecule has 0 spiro atoms. The van der Waals surface area contributed by atoms with Crippen molar-refractivity contribution in [3.8, 4) is 0 Å². The summed E-state index contributed by atoms with van der Waals surface area (Å²) in [7, 11) is 0. The minimum absolute atomic E-state index is 0.0158. The number of nitrogens with zero attached hydrogens (tertiary/aromatic N) is 2. The topological polar surface area (TPSA) is 101 Å². The number of carboxylic acids is 1. The molecule has 1 heterocycles. The van der Waals surface area contributed by atoms with E-state index in [0.717, 1.165) is 4.79 Å².